The highest BCUT2D eigenvalue weighted by Gasteiger charge is 2.52. The first-order valence-electron chi connectivity index (χ1n) is 13.9. The molecule has 0 amide bonds. The van der Waals surface area contributed by atoms with E-state index in [-0.39, 0.29) is 42.5 Å². The molecule has 0 radical (unpaired) electrons. The summed E-state index contributed by atoms with van der Waals surface area (Å²) in [4.78, 5) is 9.43. The van der Waals surface area contributed by atoms with Crippen molar-refractivity contribution in [1.29, 1.82) is 0 Å². The lowest BCUT2D eigenvalue weighted by Gasteiger charge is -2.39. The Bertz CT molecular complexity index is 1630. The molecule has 3 aliphatic rings. The molecule has 4 atom stereocenters. The number of sulfonamides is 1. The van der Waals surface area contributed by atoms with Crippen molar-refractivity contribution < 1.29 is 27.1 Å². The molecule has 2 saturated heterocycles. The average molecular weight is 637 g/mol. The molecular weight excluding hydrogens is 600 g/mol. The van der Waals surface area contributed by atoms with Crippen LogP contribution in [0, 0.1) is 0 Å². The number of pyridine rings is 1. The zero-order valence-electron chi connectivity index (χ0n) is 24.7. The first kappa shape index (κ1) is 29.7. The van der Waals surface area contributed by atoms with Crippen LogP contribution in [0.2, 0.25) is 23.2 Å². The Morgan fingerprint density at radius 3 is 2.50 bits per heavy atom. The molecular formula is C27H37ClN6O6SSi. The highest BCUT2D eigenvalue weighted by atomic mass is 35.5. The third kappa shape index (κ3) is 5.20. The molecule has 0 aromatic carbocycles. The lowest BCUT2D eigenvalue weighted by molar-refractivity contribution is 0.0105. The van der Waals surface area contributed by atoms with E-state index in [4.69, 9.17) is 40.2 Å². The summed E-state index contributed by atoms with van der Waals surface area (Å²) in [7, 11) is -5.32. The number of hydrogen-bond donors (Lipinski definition) is 0. The van der Waals surface area contributed by atoms with Gasteiger partial charge in [0, 0.05) is 24.8 Å². The maximum absolute atomic E-state index is 11.9. The minimum Gasteiger partial charge on any atom is -0.456 e. The van der Waals surface area contributed by atoms with Crippen LogP contribution in [-0.4, -0.2) is 89.2 Å². The summed E-state index contributed by atoms with van der Waals surface area (Å²) in [6.45, 7) is 16.7. The second kappa shape index (κ2) is 10.4. The van der Waals surface area contributed by atoms with Gasteiger partial charge < -0.3 is 18.6 Å². The molecule has 6 rings (SSSR count). The Hall–Kier alpha value is -2.33. The third-order valence-corrected chi connectivity index (χ3v) is 14.6. The Labute approximate surface area is 251 Å². The second-order valence-corrected chi connectivity index (χ2v) is 19.8. The van der Waals surface area contributed by atoms with Gasteiger partial charge in [-0.25, -0.2) is 18.1 Å². The van der Waals surface area contributed by atoms with E-state index in [2.05, 4.69) is 45.5 Å². The van der Waals surface area contributed by atoms with Gasteiger partial charge in [0.25, 0.3) is 6.01 Å². The van der Waals surface area contributed by atoms with Gasteiger partial charge in [0.2, 0.25) is 10.0 Å². The topological polar surface area (TPSA) is 123 Å². The van der Waals surface area contributed by atoms with Gasteiger partial charge in [-0.15, -0.1) is 6.58 Å². The minimum absolute atomic E-state index is 0.0784. The van der Waals surface area contributed by atoms with Crippen LogP contribution < -0.4 is 4.74 Å². The van der Waals surface area contributed by atoms with Gasteiger partial charge in [0.15, 0.2) is 25.9 Å². The molecule has 228 valence electrons. The molecule has 6 heterocycles. The smallest absolute Gasteiger partial charge is 0.299 e. The first-order valence-corrected chi connectivity index (χ1v) is 19.1. The molecule has 42 heavy (non-hydrogen) atoms. The highest BCUT2D eigenvalue weighted by molar-refractivity contribution is 7.88. The number of imidazole rings is 1. The average Bonchev–Trinajstić information content (AvgIpc) is 3.67. The predicted octanol–water partition coefficient (Wildman–Crippen LogP) is 3.67. The molecule has 0 N–H and O–H groups in total. The van der Waals surface area contributed by atoms with Crippen molar-refractivity contribution >= 4 is 41.1 Å². The molecule has 0 bridgehead atoms. The van der Waals surface area contributed by atoms with Crippen molar-refractivity contribution in [3.63, 3.8) is 0 Å². The van der Waals surface area contributed by atoms with Crippen LogP contribution in [0.5, 0.6) is 6.01 Å². The van der Waals surface area contributed by atoms with Crippen LogP contribution in [0.1, 0.15) is 32.0 Å². The summed E-state index contributed by atoms with van der Waals surface area (Å²) in [5.74, 6) is 0.397. The first-order chi connectivity index (χ1) is 19.7. The zero-order chi connectivity index (χ0) is 30.2. The summed E-state index contributed by atoms with van der Waals surface area (Å²) in [6.07, 6.45) is 3.71. The van der Waals surface area contributed by atoms with Crippen LogP contribution in [0.25, 0.3) is 17.0 Å². The zero-order valence-corrected chi connectivity index (χ0v) is 27.3. The van der Waals surface area contributed by atoms with Gasteiger partial charge >= 0.3 is 0 Å². The Morgan fingerprint density at radius 2 is 1.86 bits per heavy atom. The summed E-state index contributed by atoms with van der Waals surface area (Å²) in [5, 5.41) is 5.01. The fourth-order valence-corrected chi connectivity index (χ4v) is 7.61. The van der Waals surface area contributed by atoms with Crippen molar-refractivity contribution in [1.82, 2.24) is 28.6 Å². The maximum atomic E-state index is 11.9. The van der Waals surface area contributed by atoms with Crippen molar-refractivity contribution in [2.24, 2.45) is 0 Å². The lowest BCUT2D eigenvalue weighted by Crippen LogP contribution is -2.47. The Morgan fingerprint density at radius 1 is 1.17 bits per heavy atom. The van der Waals surface area contributed by atoms with Crippen LogP contribution in [0.3, 0.4) is 0 Å². The molecule has 3 aromatic rings. The molecule has 2 fully saturated rings. The van der Waals surface area contributed by atoms with Crippen molar-refractivity contribution in [2.45, 2.75) is 83.0 Å². The maximum Gasteiger partial charge on any atom is 0.299 e. The molecule has 0 unspecified atom stereocenters. The van der Waals surface area contributed by atoms with E-state index >= 15 is 0 Å². The van der Waals surface area contributed by atoms with Crippen LogP contribution >= 0.6 is 11.6 Å². The van der Waals surface area contributed by atoms with E-state index in [9.17, 15) is 8.42 Å². The van der Waals surface area contributed by atoms with E-state index in [1.165, 1.54) is 10.6 Å². The van der Waals surface area contributed by atoms with E-state index in [0.717, 1.165) is 5.56 Å². The number of ether oxygens (including phenoxy) is 3. The molecule has 3 aromatic heterocycles. The third-order valence-electron chi connectivity index (χ3n) is 8.66. The number of nitrogens with zero attached hydrogens (tertiary/aromatic N) is 6. The molecule has 12 nitrogen and oxygen atoms in total. The fraction of sp³-hybridized carbons (Fsp3) is 0.593. The van der Waals surface area contributed by atoms with Gasteiger partial charge in [-0.1, -0.05) is 38.4 Å². The molecule has 15 heteroatoms. The van der Waals surface area contributed by atoms with Crippen molar-refractivity contribution in [3.05, 3.63) is 41.2 Å². The predicted molar refractivity (Wildman–Crippen MR) is 160 cm³/mol. The number of allylic oxidation sites excluding steroid dienone is 1. The van der Waals surface area contributed by atoms with E-state index < -0.39 is 18.3 Å². The quantitative estimate of drug-likeness (QED) is 0.269. The number of aromatic nitrogens is 5. The van der Waals surface area contributed by atoms with Gasteiger partial charge in [-0.2, -0.15) is 14.4 Å². The van der Waals surface area contributed by atoms with Crippen molar-refractivity contribution in [3.8, 4) is 11.8 Å². The van der Waals surface area contributed by atoms with Crippen LogP contribution in [0.15, 0.2) is 24.9 Å². The number of rotatable bonds is 8. The monoisotopic (exact) mass is 636 g/mol. The highest BCUT2D eigenvalue weighted by Crippen LogP contribution is 2.41. The minimum atomic E-state index is -3.31. The molecule has 0 aliphatic carbocycles. The lowest BCUT2D eigenvalue weighted by atomic mass is 10.1. The molecule has 0 saturated carbocycles. The standard InChI is InChI=1S/C27H37ClN6O6SSi/c1-8-9-33-19-10-17(28)25(34-12-16-11-32(41(5,35)36)13-18(16)31-34)29-24(19)30-26(33)39-20-14-37-23-21(15-38-22(20)23)40-42(6,7)27(2,3)4/h8,10,12,20-23H,1,9,11,13-15H2,2-7H3/t20-,21-,22+,23+/m1/s1. The summed E-state index contributed by atoms with van der Waals surface area (Å²) < 4.78 is 54.1. The number of halogens is 1. The van der Waals surface area contributed by atoms with E-state index in [1.807, 2.05) is 4.57 Å². The Kier molecular flexibility index (Phi) is 7.35. The van der Waals surface area contributed by atoms with Gasteiger partial charge in [-0.05, 0) is 24.2 Å². The van der Waals surface area contributed by atoms with E-state index in [0.29, 0.717) is 53.5 Å². The van der Waals surface area contributed by atoms with Gasteiger partial charge in [0.05, 0.1) is 48.4 Å². The van der Waals surface area contributed by atoms with E-state index in [1.54, 1.807) is 23.0 Å². The van der Waals surface area contributed by atoms with Crippen LogP contribution in [0.4, 0.5) is 0 Å². The van der Waals surface area contributed by atoms with Gasteiger partial charge in [0.1, 0.15) is 12.2 Å². The second-order valence-electron chi connectivity index (χ2n) is 12.7. The Balaban J connectivity index is 1.24. The number of fused-ring (bicyclic) bond motifs is 3. The molecule has 0 spiro atoms. The van der Waals surface area contributed by atoms with Crippen molar-refractivity contribution in [2.75, 3.05) is 19.5 Å². The van der Waals surface area contributed by atoms with Gasteiger partial charge in [-0.3, -0.25) is 4.57 Å². The summed E-state index contributed by atoms with van der Waals surface area (Å²) in [5.41, 5.74) is 2.59. The summed E-state index contributed by atoms with van der Waals surface area (Å²) >= 11 is 6.70. The SMILES string of the molecule is C=CCn1c(O[C@@H]2CO[C@@H]3[C@H]2OC[C@H]3O[Si](C)(C)C(C)(C)C)nc2nc(-n3cc4c(n3)CN(S(C)(=O)=O)C4)c(Cl)cc21. The summed E-state index contributed by atoms with van der Waals surface area (Å²) in [6, 6.07) is 2.14. The molecule has 3 aliphatic heterocycles. The normalized spacial score (nSPS) is 24.8. The fourth-order valence-electron chi connectivity index (χ4n) is 5.34. The van der Waals surface area contributed by atoms with Crippen LogP contribution in [-0.2, 0) is 43.6 Å². The largest absolute Gasteiger partial charge is 0.456 e. The number of hydrogen-bond acceptors (Lipinski definition) is 9.